The first-order valence-corrected chi connectivity index (χ1v) is 20.5. The van der Waals surface area contributed by atoms with Gasteiger partial charge < -0.3 is 39.9 Å². The second-order valence-electron chi connectivity index (χ2n) is 13.4. The number of phosphoric ester groups is 1. The first-order valence-electron chi connectivity index (χ1n) is 19.0. The van der Waals surface area contributed by atoms with Crippen LogP contribution >= 0.6 is 7.82 Å². The molecule has 13 heteroatoms. The molecule has 0 aromatic rings. The smallest absolute Gasteiger partial charge is 0.457 e. The number of unbranched alkanes of at least 4 members (excludes halogenated alkanes) is 17. The highest BCUT2D eigenvalue weighted by Gasteiger charge is 2.51. The third-order valence-electron chi connectivity index (χ3n) is 8.89. The van der Waals surface area contributed by atoms with Crippen molar-refractivity contribution in [3.8, 4) is 0 Å². The number of ether oxygens (including phenoxy) is 2. The summed E-state index contributed by atoms with van der Waals surface area (Å²) in [5.41, 5.74) is 0. The van der Waals surface area contributed by atoms with Gasteiger partial charge in [-0.1, -0.05) is 116 Å². The predicted octanol–water partition coefficient (Wildman–Crippen LogP) is 6.02. The first kappa shape index (κ1) is 46.1. The van der Waals surface area contributed by atoms with Gasteiger partial charge in [-0.25, -0.2) is 4.57 Å². The average molecular weight is 725 g/mol. The summed E-state index contributed by atoms with van der Waals surface area (Å²) in [5.74, 6) is -0.485. The molecule has 6 unspecified atom stereocenters. The number of rotatable bonds is 31. The van der Waals surface area contributed by atoms with E-state index in [1.807, 2.05) is 0 Å². The van der Waals surface area contributed by atoms with E-state index in [2.05, 4.69) is 26.0 Å². The van der Waals surface area contributed by atoms with Crippen molar-refractivity contribution in [3.63, 3.8) is 0 Å². The summed E-state index contributed by atoms with van der Waals surface area (Å²) in [4.78, 5) is 22.9. The van der Waals surface area contributed by atoms with E-state index < -0.39 is 63.1 Å². The lowest BCUT2D eigenvalue weighted by atomic mass is 9.85. The Bertz CT molecular complexity index is 874. The monoisotopic (exact) mass is 724 g/mol. The third kappa shape index (κ3) is 21.9. The van der Waals surface area contributed by atoms with Gasteiger partial charge in [0, 0.05) is 13.0 Å². The summed E-state index contributed by atoms with van der Waals surface area (Å²) < 4.78 is 33.9. The quantitative estimate of drug-likeness (QED) is 0.0211. The molecule has 6 N–H and O–H groups in total. The maximum atomic E-state index is 12.7. The molecule has 1 rings (SSSR count). The van der Waals surface area contributed by atoms with E-state index >= 15 is 0 Å². The highest BCUT2D eigenvalue weighted by Crippen LogP contribution is 2.47. The Hall–Kier alpha value is -0.920. The zero-order valence-corrected chi connectivity index (χ0v) is 31.1. The van der Waals surface area contributed by atoms with Gasteiger partial charge in [-0.2, -0.15) is 0 Å². The van der Waals surface area contributed by atoms with Gasteiger partial charge in [0.15, 0.2) is 0 Å². The van der Waals surface area contributed by atoms with E-state index in [0.29, 0.717) is 13.0 Å². The lowest BCUT2D eigenvalue weighted by molar-refractivity contribution is -0.220. The molecule has 0 aromatic heterocycles. The van der Waals surface area contributed by atoms with Crippen LogP contribution in [0.1, 0.15) is 149 Å². The highest BCUT2D eigenvalue weighted by atomic mass is 31.2. The largest absolute Gasteiger partial charge is 0.472 e. The maximum Gasteiger partial charge on any atom is 0.472 e. The van der Waals surface area contributed by atoms with Crippen LogP contribution in [0.2, 0.25) is 0 Å². The number of aliphatic hydroxyl groups excluding tert-OH is 5. The number of hydrogen-bond acceptors (Lipinski definition) is 11. The number of allylic oxidation sites excluding steroid dienone is 2. The van der Waals surface area contributed by atoms with Crippen LogP contribution in [0.15, 0.2) is 12.2 Å². The van der Waals surface area contributed by atoms with Crippen molar-refractivity contribution >= 4 is 13.8 Å². The van der Waals surface area contributed by atoms with Gasteiger partial charge in [0.05, 0.1) is 13.2 Å². The van der Waals surface area contributed by atoms with Crippen LogP contribution in [-0.4, -0.2) is 98.9 Å². The fraction of sp³-hybridized carbons (Fsp3) is 0.917. The number of carbonyl (C=O) groups excluding carboxylic acids is 1. The second-order valence-corrected chi connectivity index (χ2v) is 14.8. The Morgan fingerprint density at radius 1 is 0.633 bits per heavy atom. The molecule has 0 amide bonds. The highest BCUT2D eigenvalue weighted by molar-refractivity contribution is 7.47. The summed E-state index contributed by atoms with van der Waals surface area (Å²) in [6.45, 7) is 4.17. The molecule has 290 valence electrons. The molecule has 6 atom stereocenters. The summed E-state index contributed by atoms with van der Waals surface area (Å²) in [6, 6.07) is 0. The Morgan fingerprint density at radius 3 is 1.63 bits per heavy atom. The minimum Gasteiger partial charge on any atom is -0.457 e. The van der Waals surface area contributed by atoms with E-state index in [1.165, 1.54) is 70.6 Å². The number of esters is 1. The van der Waals surface area contributed by atoms with E-state index in [9.17, 15) is 39.8 Å². The number of phosphoric acid groups is 1. The van der Waals surface area contributed by atoms with Crippen molar-refractivity contribution in [1.82, 2.24) is 0 Å². The standard InChI is InChI=1S/C36H69O12P/c1-3-5-7-9-11-13-14-15-16-17-18-20-22-24-26-45-27-29(47-30(37)25-23-21-19-12-10-8-6-4-2)28-46-49(43,44)48-36-34(41)32(39)31(38)33(40)35(36)42/h13-14,29,31-36,38-42H,3-12,15-28H2,1-2H3,(H,43,44)/b14-13-. The predicted molar refractivity (Wildman–Crippen MR) is 189 cm³/mol. The average Bonchev–Trinajstić information content (AvgIpc) is 3.08. The molecule has 1 aliphatic carbocycles. The molecule has 1 fully saturated rings. The van der Waals surface area contributed by atoms with Gasteiger partial charge in [-0.15, -0.1) is 0 Å². The Balaban J connectivity index is 2.46. The Kier molecular flexibility index (Phi) is 26.9. The molecule has 49 heavy (non-hydrogen) atoms. The van der Waals surface area contributed by atoms with Crippen molar-refractivity contribution < 1.29 is 58.3 Å². The Morgan fingerprint density at radius 2 is 1.08 bits per heavy atom. The lowest BCUT2D eigenvalue weighted by Crippen LogP contribution is -2.64. The Labute approximate surface area is 295 Å². The van der Waals surface area contributed by atoms with Gasteiger partial charge in [0.2, 0.25) is 0 Å². The van der Waals surface area contributed by atoms with Crippen molar-refractivity contribution in [3.05, 3.63) is 12.2 Å². The van der Waals surface area contributed by atoms with E-state index in [4.69, 9.17) is 18.5 Å². The molecule has 0 spiro atoms. The first-order chi connectivity index (χ1) is 23.5. The van der Waals surface area contributed by atoms with Crippen LogP contribution in [-0.2, 0) is 27.9 Å². The van der Waals surface area contributed by atoms with Gasteiger partial charge in [-0.05, 0) is 38.5 Å². The van der Waals surface area contributed by atoms with E-state index in [0.717, 1.165) is 51.4 Å². The van der Waals surface area contributed by atoms with Gasteiger partial charge in [0.1, 0.15) is 42.7 Å². The van der Waals surface area contributed by atoms with Crippen LogP contribution in [0.4, 0.5) is 0 Å². The molecule has 0 saturated heterocycles. The molecule has 0 radical (unpaired) electrons. The van der Waals surface area contributed by atoms with Crippen molar-refractivity contribution in [2.75, 3.05) is 19.8 Å². The second kappa shape index (κ2) is 28.6. The zero-order chi connectivity index (χ0) is 36.3. The van der Waals surface area contributed by atoms with Gasteiger partial charge in [0.25, 0.3) is 0 Å². The minimum absolute atomic E-state index is 0.0771. The summed E-state index contributed by atoms with van der Waals surface area (Å²) in [5, 5.41) is 49.8. The van der Waals surface area contributed by atoms with E-state index in [1.54, 1.807) is 0 Å². The molecule has 1 aliphatic rings. The summed E-state index contributed by atoms with van der Waals surface area (Å²) >= 11 is 0. The minimum atomic E-state index is -5.00. The summed E-state index contributed by atoms with van der Waals surface area (Å²) in [6.07, 6.45) is 14.5. The molecule has 0 heterocycles. The SMILES string of the molecule is CCCCCC/C=C\CCCCCCCCOCC(COP(=O)(O)OC1C(O)C(O)C(O)C(O)C1O)OC(=O)CCCCCCCCCC. The molecular weight excluding hydrogens is 655 g/mol. The van der Waals surface area contributed by atoms with Crippen LogP contribution in [0.3, 0.4) is 0 Å². The zero-order valence-electron chi connectivity index (χ0n) is 30.2. The topological polar surface area (TPSA) is 192 Å². The summed E-state index contributed by atoms with van der Waals surface area (Å²) in [7, 11) is -5.00. The van der Waals surface area contributed by atoms with Crippen molar-refractivity contribution in [2.24, 2.45) is 0 Å². The van der Waals surface area contributed by atoms with Crippen LogP contribution < -0.4 is 0 Å². The molecule has 0 aromatic carbocycles. The number of carbonyl (C=O) groups is 1. The fourth-order valence-electron chi connectivity index (χ4n) is 5.76. The van der Waals surface area contributed by atoms with E-state index in [-0.39, 0.29) is 13.0 Å². The van der Waals surface area contributed by atoms with Gasteiger partial charge in [-0.3, -0.25) is 13.8 Å². The number of hydrogen-bond donors (Lipinski definition) is 6. The number of aliphatic hydroxyl groups is 5. The van der Waals surface area contributed by atoms with Gasteiger partial charge >= 0.3 is 13.8 Å². The van der Waals surface area contributed by atoms with Crippen LogP contribution in [0, 0.1) is 0 Å². The molecule has 0 aliphatic heterocycles. The molecule has 12 nitrogen and oxygen atoms in total. The third-order valence-corrected chi connectivity index (χ3v) is 9.87. The van der Waals surface area contributed by atoms with Crippen molar-refractivity contribution in [2.45, 2.75) is 191 Å². The molecule has 1 saturated carbocycles. The maximum absolute atomic E-state index is 12.7. The molecular formula is C36H69O12P. The fourth-order valence-corrected chi connectivity index (χ4v) is 6.73. The van der Waals surface area contributed by atoms with Crippen molar-refractivity contribution in [1.29, 1.82) is 0 Å². The lowest BCUT2D eigenvalue weighted by Gasteiger charge is -2.41. The molecule has 0 bridgehead atoms. The van der Waals surface area contributed by atoms with Crippen LogP contribution in [0.25, 0.3) is 0 Å². The van der Waals surface area contributed by atoms with Crippen LogP contribution in [0.5, 0.6) is 0 Å². The normalized spacial score (nSPS) is 24.7.